The highest BCUT2D eigenvalue weighted by molar-refractivity contribution is 5.20. The molecule has 2 heterocycles. The van der Waals surface area contributed by atoms with Crippen molar-refractivity contribution in [1.82, 2.24) is 9.55 Å². The van der Waals surface area contributed by atoms with Crippen LogP contribution >= 0.6 is 0 Å². The fourth-order valence-corrected chi connectivity index (χ4v) is 2.12. The highest BCUT2D eigenvalue weighted by atomic mass is 19.1. The van der Waals surface area contributed by atoms with E-state index in [0.717, 1.165) is 16.8 Å². The SMILES string of the molecule is C#C[C@@]1(F)C(O)[C@@H]([C@@H](C)O)O[C@H]1n1ccc(=O)[nH]c1=O. The van der Waals surface area contributed by atoms with Crippen molar-refractivity contribution >= 4 is 0 Å². The zero-order chi connectivity index (χ0) is 15.1. The number of rotatable bonds is 2. The summed E-state index contributed by atoms with van der Waals surface area (Å²) < 4.78 is 20.6. The van der Waals surface area contributed by atoms with Crippen molar-refractivity contribution in [2.75, 3.05) is 0 Å². The third-order valence-corrected chi connectivity index (χ3v) is 3.19. The number of terminal acetylenes is 1. The van der Waals surface area contributed by atoms with Gasteiger partial charge in [-0.3, -0.25) is 14.3 Å². The van der Waals surface area contributed by atoms with E-state index in [0.29, 0.717) is 0 Å². The molecule has 0 radical (unpaired) electrons. The summed E-state index contributed by atoms with van der Waals surface area (Å²) in [7, 11) is 0. The van der Waals surface area contributed by atoms with Crippen molar-refractivity contribution in [3.8, 4) is 12.3 Å². The molecular weight excluding hydrogens is 271 g/mol. The number of aromatic amines is 1. The number of aromatic nitrogens is 2. The number of hydrogen-bond donors (Lipinski definition) is 3. The van der Waals surface area contributed by atoms with Crippen LogP contribution in [-0.2, 0) is 4.74 Å². The molecule has 0 saturated carbocycles. The Morgan fingerprint density at radius 1 is 1.65 bits per heavy atom. The predicted molar refractivity (Wildman–Crippen MR) is 65.6 cm³/mol. The lowest BCUT2D eigenvalue weighted by molar-refractivity contribution is -0.0803. The van der Waals surface area contributed by atoms with E-state index in [1.807, 2.05) is 4.98 Å². The van der Waals surface area contributed by atoms with Crippen LogP contribution < -0.4 is 11.2 Å². The van der Waals surface area contributed by atoms with Gasteiger partial charge in [-0.15, -0.1) is 6.42 Å². The van der Waals surface area contributed by atoms with Crippen LogP contribution in [0.1, 0.15) is 13.2 Å². The fourth-order valence-electron chi connectivity index (χ4n) is 2.12. The van der Waals surface area contributed by atoms with Gasteiger partial charge in [0.2, 0.25) is 5.67 Å². The zero-order valence-corrected chi connectivity index (χ0v) is 10.5. The molecule has 1 aliphatic heterocycles. The summed E-state index contributed by atoms with van der Waals surface area (Å²) in [6.45, 7) is 1.29. The quantitative estimate of drug-likeness (QED) is 0.574. The van der Waals surface area contributed by atoms with Gasteiger partial charge in [0.1, 0.15) is 12.2 Å². The summed E-state index contributed by atoms with van der Waals surface area (Å²) in [5, 5.41) is 19.3. The van der Waals surface area contributed by atoms with Crippen LogP contribution in [0.2, 0.25) is 0 Å². The smallest absolute Gasteiger partial charge is 0.330 e. The highest BCUT2D eigenvalue weighted by Gasteiger charge is 2.58. The largest absolute Gasteiger partial charge is 0.391 e. The number of nitrogens with zero attached hydrogens (tertiary/aromatic N) is 1. The normalized spacial score (nSPS) is 34.6. The van der Waals surface area contributed by atoms with Gasteiger partial charge >= 0.3 is 5.69 Å². The minimum Gasteiger partial charge on any atom is -0.391 e. The molecule has 20 heavy (non-hydrogen) atoms. The third kappa shape index (κ3) is 2.06. The van der Waals surface area contributed by atoms with E-state index < -0.39 is 41.5 Å². The number of halogens is 1. The van der Waals surface area contributed by atoms with Gasteiger partial charge in [0.05, 0.1) is 6.10 Å². The lowest BCUT2D eigenvalue weighted by atomic mass is 9.95. The molecule has 1 saturated heterocycles. The molecule has 1 aliphatic rings. The Morgan fingerprint density at radius 3 is 2.80 bits per heavy atom. The number of ether oxygens (including phenoxy) is 1. The second-order valence-corrected chi connectivity index (χ2v) is 4.57. The molecule has 1 unspecified atom stereocenters. The van der Waals surface area contributed by atoms with Gasteiger partial charge in [-0.2, -0.15) is 0 Å². The number of nitrogens with one attached hydrogen (secondary N) is 1. The average Bonchev–Trinajstić information content (AvgIpc) is 2.64. The molecule has 1 fully saturated rings. The molecule has 5 atom stereocenters. The van der Waals surface area contributed by atoms with Crippen LogP contribution in [0.25, 0.3) is 0 Å². The standard InChI is InChI=1S/C12H13FN2O5/c1-3-12(13)9(18)8(6(2)16)20-10(12)15-5-4-7(17)14-11(15)19/h1,4-6,8-10,16,18H,2H3,(H,14,17,19)/t6-,8-,9?,10-,12-/m1/s1. The molecule has 3 N–H and O–H groups in total. The topological polar surface area (TPSA) is 105 Å². The molecule has 0 aliphatic carbocycles. The molecule has 8 heteroatoms. The van der Waals surface area contributed by atoms with E-state index in [1.54, 1.807) is 5.92 Å². The van der Waals surface area contributed by atoms with Gasteiger partial charge in [0, 0.05) is 12.3 Å². The van der Waals surface area contributed by atoms with Gasteiger partial charge in [-0.05, 0) is 6.92 Å². The van der Waals surface area contributed by atoms with Crippen LogP contribution in [0.4, 0.5) is 4.39 Å². The molecule has 0 spiro atoms. The first-order chi connectivity index (χ1) is 9.31. The molecule has 0 amide bonds. The first-order valence-corrected chi connectivity index (χ1v) is 5.81. The van der Waals surface area contributed by atoms with Gasteiger partial charge in [0.25, 0.3) is 5.56 Å². The summed E-state index contributed by atoms with van der Waals surface area (Å²) in [5.74, 6) is 1.76. The minimum atomic E-state index is -2.70. The molecule has 0 aromatic carbocycles. The van der Waals surface area contributed by atoms with Crippen molar-refractivity contribution < 1.29 is 19.3 Å². The molecule has 0 bridgehead atoms. The molecular formula is C12H13FN2O5. The Hall–Kier alpha value is -1.95. The Morgan fingerprint density at radius 2 is 2.30 bits per heavy atom. The van der Waals surface area contributed by atoms with Gasteiger partial charge in [-0.25, -0.2) is 9.18 Å². The van der Waals surface area contributed by atoms with E-state index in [9.17, 15) is 24.2 Å². The Labute approximate surface area is 112 Å². The first kappa shape index (κ1) is 14.5. The maximum Gasteiger partial charge on any atom is 0.330 e. The average molecular weight is 284 g/mol. The van der Waals surface area contributed by atoms with Crippen molar-refractivity contribution in [2.24, 2.45) is 0 Å². The molecule has 2 rings (SSSR count). The molecule has 1 aromatic heterocycles. The van der Waals surface area contributed by atoms with E-state index in [4.69, 9.17) is 11.2 Å². The number of aliphatic hydroxyl groups is 2. The second-order valence-electron chi connectivity index (χ2n) is 4.57. The Bertz CT molecular complexity index is 661. The number of hydrogen-bond acceptors (Lipinski definition) is 5. The Balaban J connectivity index is 2.53. The summed E-state index contributed by atoms with van der Waals surface area (Å²) in [5.41, 5.74) is -4.30. The van der Waals surface area contributed by atoms with E-state index >= 15 is 0 Å². The van der Waals surface area contributed by atoms with Gasteiger partial charge < -0.3 is 14.9 Å². The van der Waals surface area contributed by atoms with Gasteiger partial charge in [0.15, 0.2) is 6.23 Å². The molecule has 108 valence electrons. The number of H-pyrrole nitrogens is 1. The first-order valence-electron chi connectivity index (χ1n) is 5.81. The van der Waals surface area contributed by atoms with Crippen molar-refractivity contribution in [2.45, 2.75) is 37.1 Å². The lowest BCUT2D eigenvalue weighted by Gasteiger charge is -2.23. The van der Waals surface area contributed by atoms with Crippen LogP contribution in [0.15, 0.2) is 21.9 Å². The maximum absolute atomic E-state index is 14.7. The van der Waals surface area contributed by atoms with Crippen LogP contribution in [-0.4, -0.2) is 43.7 Å². The Kier molecular flexibility index (Phi) is 3.52. The minimum absolute atomic E-state index is 0.665. The monoisotopic (exact) mass is 284 g/mol. The van der Waals surface area contributed by atoms with Crippen molar-refractivity contribution in [1.29, 1.82) is 0 Å². The number of alkyl halides is 1. The van der Waals surface area contributed by atoms with Gasteiger partial charge in [-0.1, -0.05) is 5.92 Å². The van der Waals surface area contributed by atoms with Crippen LogP contribution in [0.3, 0.4) is 0 Å². The highest BCUT2D eigenvalue weighted by Crippen LogP contribution is 2.41. The molecule has 1 aromatic rings. The van der Waals surface area contributed by atoms with Crippen LogP contribution in [0.5, 0.6) is 0 Å². The zero-order valence-electron chi connectivity index (χ0n) is 10.5. The fraction of sp³-hybridized carbons (Fsp3) is 0.500. The summed E-state index contributed by atoms with van der Waals surface area (Å²) >= 11 is 0. The lowest BCUT2D eigenvalue weighted by Crippen LogP contribution is -2.45. The summed E-state index contributed by atoms with van der Waals surface area (Å²) in [4.78, 5) is 24.6. The third-order valence-electron chi connectivity index (χ3n) is 3.19. The summed E-state index contributed by atoms with van der Waals surface area (Å²) in [6, 6.07) is 0.990. The van der Waals surface area contributed by atoms with Crippen molar-refractivity contribution in [3.05, 3.63) is 33.1 Å². The summed E-state index contributed by atoms with van der Waals surface area (Å²) in [6.07, 6.45) is 0.158. The second kappa shape index (κ2) is 4.86. The molecule has 7 nitrogen and oxygen atoms in total. The van der Waals surface area contributed by atoms with Crippen molar-refractivity contribution in [3.63, 3.8) is 0 Å². The number of aliphatic hydroxyl groups excluding tert-OH is 2. The van der Waals surface area contributed by atoms with Crippen LogP contribution in [0, 0.1) is 12.3 Å². The van der Waals surface area contributed by atoms with E-state index in [1.165, 1.54) is 6.92 Å². The maximum atomic E-state index is 14.7. The predicted octanol–water partition coefficient (Wildman–Crippen LogP) is -1.48. The van der Waals surface area contributed by atoms with E-state index in [-0.39, 0.29) is 0 Å². The van der Waals surface area contributed by atoms with E-state index in [2.05, 4.69) is 0 Å².